The van der Waals surface area contributed by atoms with Crippen molar-refractivity contribution in [1.29, 1.82) is 0 Å². The van der Waals surface area contributed by atoms with Gasteiger partial charge in [-0.1, -0.05) is 32.4 Å². The second-order valence-electron chi connectivity index (χ2n) is 5.54. The molecule has 0 spiro atoms. The zero-order valence-electron chi connectivity index (χ0n) is 10.6. The van der Waals surface area contributed by atoms with Gasteiger partial charge in [-0.05, 0) is 24.3 Å². The Morgan fingerprint density at radius 3 is 2.72 bits per heavy atom. The Hall–Kier alpha value is -1.54. The van der Waals surface area contributed by atoms with E-state index < -0.39 is 0 Å². The lowest BCUT2D eigenvalue weighted by Crippen LogP contribution is -2.08. The maximum atomic E-state index is 6.28. The Kier molecular flexibility index (Phi) is 2.39. The predicted octanol–water partition coefficient (Wildman–Crippen LogP) is 4.93. The highest BCUT2D eigenvalue weighted by Gasteiger charge is 2.20. The van der Waals surface area contributed by atoms with Crippen molar-refractivity contribution in [3.8, 4) is 0 Å². The number of benzene rings is 1. The van der Waals surface area contributed by atoms with Gasteiger partial charge in [0.2, 0.25) is 0 Å². The summed E-state index contributed by atoms with van der Waals surface area (Å²) in [6, 6.07) is 7.84. The molecule has 2 nitrogen and oxygen atoms in total. The molecule has 0 bridgehead atoms. The van der Waals surface area contributed by atoms with Crippen LogP contribution in [0.3, 0.4) is 0 Å². The maximum absolute atomic E-state index is 6.28. The van der Waals surface area contributed by atoms with Gasteiger partial charge in [0.1, 0.15) is 11.3 Å². The van der Waals surface area contributed by atoms with Crippen LogP contribution in [0.25, 0.3) is 21.9 Å². The number of pyridine rings is 1. The molecule has 0 aliphatic heterocycles. The minimum absolute atomic E-state index is 0.0212. The molecule has 0 saturated carbocycles. The Labute approximate surface area is 111 Å². The fraction of sp³-hybridized carbons (Fsp3) is 0.267. The van der Waals surface area contributed by atoms with Gasteiger partial charge in [-0.15, -0.1) is 0 Å². The zero-order chi connectivity index (χ0) is 12.9. The molecule has 92 valence electrons. The maximum Gasteiger partial charge on any atom is 0.160 e. The van der Waals surface area contributed by atoms with Crippen LogP contribution in [0.4, 0.5) is 0 Å². The van der Waals surface area contributed by atoms with E-state index in [0.717, 1.165) is 27.6 Å². The number of hydrogen-bond donors (Lipinski definition) is 0. The second kappa shape index (κ2) is 3.72. The van der Waals surface area contributed by atoms with Crippen molar-refractivity contribution in [3.63, 3.8) is 0 Å². The number of aromatic nitrogens is 1. The lowest BCUT2D eigenvalue weighted by molar-refractivity contribution is 0.431. The average molecular weight is 260 g/mol. The lowest BCUT2D eigenvalue weighted by atomic mass is 9.93. The molecule has 0 saturated heterocycles. The molecule has 0 aliphatic carbocycles. The van der Waals surface area contributed by atoms with E-state index in [-0.39, 0.29) is 5.41 Å². The van der Waals surface area contributed by atoms with Gasteiger partial charge < -0.3 is 4.42 Å². The van der Waals surface area contributed by atoms with Gasteiger partial charge in [0.15, 0.2) is 5.58 Å². The van der Waals surface area contributed by atoms with Gasteiger partial charge in [0, 0.05) is 22.4 Å². The fourth-order valence-corrected chi connectivity index (χ4v) is 2.33. The van der Waals surface area contributed by atoms with E-state index in [2.05, 4.69) is 31.8 Å². The highest BCUT2D eigenvalue weighted by molar-refractivity contribution is 6.37. The van der Waals surface area contributed by atoms with Crippen molar-refractivity contribution in [2.75, 3.05) is 0 Å². The van der Waals surface area contributed by atoms with Crippen molar-refractivity contribution in [1.82, 2.24) is 4.98 Å². The second-order valence-corrected chi connectivity index (χ2v) is 5.94. The van der Waals surface area contributed by atoms with Crippen LogP contribution in [0.15, 0.2) is 34.9 Å². The topological polar surface area (TPSA) is 26.0 Å². The van der Waals surface area contributed by atoms with E-state index >= 15 is 0 Å². The number of hydrogen-bond acceptors (Lipinski definition) is 2. The number of fused-ring (bicyclic) bond motifs is 3. The van der Waals surface area contributed by atoms with Gasteiger partial charge in [0.25, 0.3) is 0 Å². The predicted molar refractivity (Wildman–Crippen MR) is 75.2 cm³/mol. The Morgan fingerprint density at radius 2 is 2.00 bits per heavy atom. The molecule has 0 N–H and O–H groups in total. The number of halogens is 1. The van der Waals surface area contributed by atoms with Crippen molar-refractivity contribution in [2.24, 2.45) is 0 Å². The third-order valence-electron chi connectivity index (χ3n) is 3.06. The lowest BCUT2D eigenvalue weighted by Gasteiger charge is -2.13. The third-order valence-corrected chi connectivity index (χ3v) is 3.38. The van der Waals surface area contributed by atoms with Crippen LogP contribution < -0.4 is 0 Å². The third kappa shape index (κ3) is 1.68. The number of nitrogens with zero attached hydrogens (tertiary/aromatic N) is 1. The molecule has 3 heteroatoms. The standard InChI is InChI=1S/C15H14ClNO/c1-15(2,3)12-8-9-7-11(16)10-5-4-6-17-13(10)14(9)18-12/h4-8H,1-3H3. The van der Waals surface area contributed by atoms with Crippen molar-refractivity contribution >= 4 is 33.5 Å². The molecule has 2 heterocycles. The molecule has 2 aromatic heterocycles. The first-order valence-corrected chi connectivity index (χ1v) is 6.32. The van der Waals surface area contributed by atoms with Crippen LogP contribution in [-0.4, -0.2) is 4.98 Å². The van der Waals surface area contributed by atoms with Crippen LogP contribution in [0.5, 0.6) is 0 Å². The molecule has 0 atom stereocenters. The fourth-order valence-electron chi connectivity index (χ4n) is 2.06. The molecular formula is C15H14ClNO. The summed E-state index contributed by atoms with van der Waals surface area (Å²) >= 11 is 6.28. The van der Waals surface area contributed by atoms with Gasteiger partial charge in [-0.3, -0.25) is 4.98 Å². The molecular weight excluding hydrogens is 246 g/mol. The van der Waals surface area contributed by atoms with E-state index in [1.165, 1.54) is 0 Å². The van der Waals surface area contributed by atoms with E-state index in [1.807, 2.05) is 18.2 Å². The summed E-state index contributed by atoms with van der Waals surface area (Å²) in [5, 5.41) is 2.66. The highest BCUT2D eigenvalue weighted by Crippen LogP contribution is 2.35. The van der Waals surface area contributed by atoms with Crippen LogP contribution in [0.1, 0.15) is 26.5 Å². The van der Waals surface area contributed by atoms with Crippen LogP contribution >= 0.6 is 11.6 Å². The molecule has 3 aromatic rings. The van der Waals surface area contributed by atoms with Crippen molar-refractivity contribution < 1.29 is 4.42 Å². The van der Waals surface area contributed by atoms with E-state index in [0.29, 0.717) is 5.02 Å². The van der Waals surface area contributed by atoms with Crippen molar-refractivity contribution in [3.05, 3.63) is 41.2 Å². The normalized spacial score (nSPS) is 12.4. The van der Waals surface area contributed by atoms with Gasteiger partial charge in [0.05, 0.1) is 5.02 Å². The minimum atomic E-state index is -0.0212. The van der Waals surface area contributed by atoms with Crippen molar-refractivity contribution in [2.45, 2.75) is 26.2 Å². The van der Waals surface area contributed by atoms with Gasteiger partial charge in [-0.25, -0.2) is 0 Å². The summed E-state index contributed by atoms with van der Waals surface area (Å²) < 4.78 is 5.98. The Bertz CT molecular complexity index is 737. The first-order chi connectivity index (χ1) is 8.47. The number of rotatable bonds is 0. The van der Waals surface area contributed by atoms with Gasteiger partial charge in [-0.2, -0.15) is 0 Å². The largest absolute Gasteiger partial charge is 0.458 e. The smallest absolute Gasteiger partial charge is 0.160 e. The molecule has 0 aliphatic rings. The Morgan fingerprint density at radius 1 is 1.22 bits per heavy atom. The van der Waals surface area contributed by atoms with Gasteiger partial charge >= 0.3 is 0 Å². The Balaban J connectivity index is 2.44. The summed E-state index contributed by atoms with van der Waals surface area (Å²) in [6.45, 7) is 6.38. The first kappa shape index (κ1) is 11.5. The van der Waals surface area contributed by atoms with E-state index in [1.54, 1.807) is 6.20 Å². The quantitative estimate of drug-likeness (QED) is 0.572. The van der Waals surface area contributed by atoms with Crippen LogP contribution in [0, 0.1) is 0 Å². The molecule has 0 unspecified atom stereocenters. The molecule has 1 aromatic carbocycles. The van der Waals surface area contributed by atoms with E-state index in [9.17, 15) is 0 Å². The molecule has 18 heavy (non-hydrogen) atoms. The first-order valence-electron chi connectivity index (χ1n) is 5.94. The highest BCUT2D eigenvalue weighted by atomic mass is 35.5. The average Bonchev–Trinajstić information content (AvgIpc) is 2.73. The van der Waals surface area contributed by atoms with E-state index in [4.69, 9.17) is 16.0 Å². The minimum Gasteiger partial charge on any atom is -0.458 e. The summed E-state index contributed by atoms with van der Waals surface area (Å²) in [5.41, 5.74) is 1.63. The molecule has 0 amide bonds. The number of furan rings is 1. The molecule has 3 rings (SSSR count). The monoisotopic (exact) mass is 259 g/mol. The van der Waals surface area contributed by atoms with Crippen LogP contribution in [-0.2, 0) is 5.41 Å². The summed E-state index contributed by atoms with van der Waals surface area (Å²) in [5.74, 6) is 0.951. The molecule has 0 radical (unpaired) electrons. The zero-order valence-corrected chi connectivity index (χ0v) is 11.4. The SMILES string of the molecule is CC(C)(C)c1cc2cc(Cl)c3cccnc3c2o1. The summed E-state index contributed by atoms with van der Waals surface area (Å²) in [7, 11) is 0. The summed E-state index contributed by atoms with van der Waals surface area (Å²) in [4.78, 5) is 4.39. The van der Waals surface area contributed by atoms with Crippen LogP contribution in [0.2, 0.25) is 5.02 Å². The summed E-state index contributed by atoms with van der Waals surface area (Å²) in [6.07, 6.45) is 1.76. The molecule has 0 fully saturated rings.